The SMILES string of the molecule is CC(Nc1ccc2c(c1)CCC(=O)N2)c1ccncc1. The number of fused-ring (bicyclic) bond motifs is 1. The molecule has 4 nitrogen and oxygen atoms in total. The average molecular weight is 267 g/mol. The van der Waals surface area contributed by atoms with Gasteiger partial charge in [-0.3, -0.25) is 9.78 Å². The average Bonchev–Trinajstić information content (AvgIpc) is 2.48. The van der Waals surface area contributed by atoms with Crippen molar-refractivity contribution in [2.45, 2.75) is 25.8 Å². The van der Waals surface area contributed by atoms with Crippen molar-refractivity contribution in [3.8, 4) is 0 Å². The first-order valence-electron chi connectivity index (χ1n) is 6.81. The molecule has 102 valence electrons. The predicted molar refractivity (Wildman–Crippen MR) is 79.7 cm³/mol. The van der Waals surface area contributed by atoms with E-state index in [1.165, 1.54) is 11.1 Å². The monoisotopic (exact) mass is 267 g/mol. The lowest BCUT2D eigenvalue weighted by Gasteiger charge is -2.20. The Labute approximate surface area is 118 Å². The smallest absolute Gasteiger partial charge is 0.224 e. The summed E-state index contributed by atoms with van der Waals surface area (Å²) >= 11 is 0. The van der Waals surface area contributed by atoms with Gasteiger partial charge in [0.2, 0.25) is 5.91 Å². The largest absolute Gasteiger partial charge is 0.379 e. The second-order valence-electron chi connectivity index (χ2n) is 5.07. The highest BCUT2D eigenvalue weighted by Gasteiger charge is 2.15. The number of pyridine rings is 1. The van der Waals surface area contributed by atoms with Crippen LogP contribution < -0.4 is 10.6 Å². The van der Waals surface area contributed by atoms with E-state index in [1.807, 2.05) is 24.3 Å². The molecule has 1 aromatic carbocycles. The molecule has 1 aliphatic heterocycles. The van der Waals surface area contributed by atoms with Crippen LogP contribution in [0.15, 0.2) is 42.7 Å². The molecule has 1 aromatic heterocycles. The van der Waals surface area contributed by atoms with E-state index in [-0.39, 0.29) is 11.9 Å². The second kappa shape index (κ2) is 5.33. The van der Waals surface area contributed by atoms with Crippen molar-refractivity contribution in [3.63, 3.8) is 0 Å². The molecule has 0 fully saturated rings. The number of nitrogens with one attached hydrogen (secondary N) is 2. The number of aromatic nitrogens is 1. The lowest BCUT2D eigenvalue weighted by Crippen LogP contribution is -2.19. The van der Waals surface area contributed by atoms with E-state index in [1.54, 1.807) is 12.4 Å². The number of hydrogen-bond donors (Lipinski definition) is 2. The van der Waals surface area contributed by atoms with Gasteiger partial charge in [0.1, 0.15) is 0 Å². The Morgan fingerprint density at radius 3 is 2.80 bits per heavy atom. The van der Waals surface area contributed by atoms with Crippen LogP contribution in [-0.2, 0) is 11.2 Å². The number of anilines is 2. The molecular formula is C16H17N3O. The fourth-order valence-electron chi connectivity index (χ4n) is 2.46. The molecule has 1 amide bonds. The van der Waals surface area contributed by atoms with Gasteiger partial charge < -0.3 is 10.6 Å². The highest BCUT2D eigenvalue weighted by Crippen LogP contribution is 2.27. The van der Waals surface area contributed by atoms with E-state index in [0.717, 1.165) is 17.8 Å². The predicted octanol–water partition coefficient (Wildman–Crippen LogP) is 3.14. The Balaban J connectivity index is 1.77. The Bertz CT molecular complexity index is 625. The first kappa shape index (κ1) is 12.7. The molecule has 1 unspecified atom stereocenters. The quantitative estimate of drug-likeness (QED) is 0.898. The van der Waals surface area contributed by atoms with E-state index in [0.29, 0.717) is 6.42 Å². The van der Waals surface area contributed by atoms with Crippen molar-refractivity contribution < 1.29 is 4.79 Å². The fraction of sp³-hybridized carbons (Fsp3) is 0.250. The van der Waals surface area contributed by atoms with Gasteiger partial charge in [-0.05, 0) is 54.8 Å². The molecule has 0 radical (unpaired) electrons. The van der Waals surface area contributed by atoms with Crippen LogP contribution in [0.4, 0.5) is 11.4 Å². The van der Waals surface area contributed by atoms with Crippen molar-refractivity contribution in [2.75, 3.05) is 10.6 Å². The molecule has 4 heteroatoms. The van der Waals surface area contributed by atoms with Crippen LogP contribution in [0.5, 0.6) is 0 Å². The van der Waals surface area contributed by atoms with Gasteiger partial charge in [0.05, 0.1) is 0 Å². The number of benzene rings is 1. The molecule has 2 aromatic rings. The molecule has 20 heavy (non-hydrogen) atoms. The maximum absolute atomic E-state index is 11.3. The first-order chi connectivity index (χ1) is 9.72. The maximum Gasteiger partial charge on any atom is 0.224 e. The van der Waals surface area contributed by atoms with Gasteiger partial charge in [0.15, 0.2) is 0 Å². The molecule has 0 saturated heterocycles. The number of hydrogen-bond acceptors (Lipinski definition) is 3. The molecule has 0 aliphatic carbocycles. The van der Waals surface area contributed by atoms with Gasteiger partial charge in [-0.25, -0.2) is 0 Å². The molecule has 2 heterocycles. The standard InChI is InChI=1S/C16H17N3O/c1-11(12-6-8-17-9-7-12)18-14-3-4-15-13(10-14)2-5-16(20)19-15/h3-4,6-11,18H,2,5H2,1H3,(H,19,20). The lowest BCUT2D eigenvalue weighted by atomic mass is 10.0. The topological polar surface area (TPSA) is 54.0 Å². The van der Waals surface area contributed by atoms with Crippen molar-refractivity contribution in [3.05, 3.63) is 53.9 Å². The molecule has 0 spiro atoms. The van der Waals surface area contributed by atoms with Crippen LogP contribution in [0.1, 0.15) is 30.5 Å². The van der Waals surface area contributed by atoms with Gasteiger partial charge >= 0.3 is 0 Å². The minimum atomic E-state index is 0.100. The van der Waals surface area contributed by atoms with Crippen LogP contribution in [0.2, 0.25) is 0 Å². The van der Waals surface area contributed by atoms with E-state index >= 15 is 0 Å². The van der Waals surface area contributed by atoms with Crippen LogP contribution in [-0.4, -0.2) is 10.9 Å². The minimum Gasteiger partial charge on any atom is -0.379 e. The first-order valence-corrected chi connectivity index (χ1v) is 6.81. The van der Waals surface area contributed by atoms with E-state index in [9.17, 15) is 4.79 Å². The Morgan fingerprint density at radius 1 is 1.20 bits per heavy atom. The summed E-state index contributed by atoms with van der Waals surface area (Å²) < 4.78 is 0. The number of nitrogens with zero attached hydrogens (tertiary/aromatic N) is 1. The number of carbonyl (C=O) groups is 1. The lowest BCUT2D eigenvalue weighted by molar-refractivity contribution is -0.116. The summed E-state index contributed by atoms with van der Waals surface area (Å²) in [7, 11) is 0. The van der Waals surface area contributed by atoms with Crippen LogP contribution >= 0.6 is 0 Å². The number of amides is 1. The zero-order chi connectivity index (χ0) is 13.9. The van der Waals surface area contributed by atoms with Crippen molar-refractivity contribution in [2.24, 2.45) is 0 Å². The summed E-state index contributed by atoms with van der Waals surface area (Å²) in [5, 5.41) is 6.38. The van der Waals surface area contributed by atoms with Crippen LogP contribution in [0.25, 0.3) is 0 Å². The van der Waals surface area contributed by atoms with Crippen molar-refractivity contribution >= 4 is 17.3 Å². The second-order valence-corrected chi connectivity index (χ2v) is 5.07. The summed E-state index contributed by atoms with van der Waals surface area (Å²) in [6.45, 7) is 2.12. The van der Waals surface area contributed by atoms with Crippen molar-refractivity contribution in [1.82, 2.24) is 4.98 Å². The van der Waals surface area contributed by atoms with E-state index < -0.39 is 0 Å². The summed E-state index contributed by atoms with van der Waals surface area (Å²) in [6, 6.07) is 10.3. The third-order valence-electron chi connectivity index (χ3n) is 3.59. The summed E-state index contributed by atoms with van der Waals surface area (Å²) in [5.74, 6) is 0.100. The van der Waals surface area contributed by atoms with Gasteiger partial charge in [0.25, 0.3) is 0 Å². The zero-order valence-electron chi connectivity index (χ0n) is 11.4. The molecule has 0 saturated carbocycles. The van der Waals surface area contributed by atoms with Crippen LogP contribution in [0.3, 0.4) is 0 Å². The van der Waals surface area contributed by atoms with Crippen molar-refractivity contribution in [1.29, 1.82) is 0 Å². The molecule has 3 rings (SSSR count). The number of rotatable bonds is 3. The highest BCUT2D eigenvalue weighted by molar-refractivity contribution is 5.94. The maximum atomic E-state index is 11.3. The molecule has 1 aliphatic rings. The summed E-state index contributed by atoms with van der Waals surface area (Å²) in [6.07, 6.45) is 4.97. The number of aryl methyl sites for hydroxylation is 1. The zero-order valence-corrected chi connectivity index (χ0v) is 11.4. The molecule has 2 N–H and O–H groups in total. The van der Waals surface area contributed by atoms with Gasteiger partial charge in [-0.15, -0.1) is 0 Å². The fourth-order valence-corrected chi connectivity index (χ4v) is 2.46. The normalized spacial score (nSPS) is 15.2. The van der Waals surface area contributed by atoms with Gasteiger partial charge in [-0.1, -0.05) is 0 Å². The highest BCUT2D eigenvalue weighted by atomic mass is 16.1. The summed E-state index contributed by atoms with van der Waals surface area (Å²) in [5.41, 5.74) is 4.40. The minimum absolute atomic E-state index is 0.100. The van der Waals surface area contributed by atoms with Gasteiger partial charge in [-0.2, -0.15) is 0 Å². The molecule has 0 bridgehead atoms. The van der Waals surface area contributed by atoms with Crippen LogP contribution in [0, 0.1) is 0 Å². The van der Waals surface area contributed by atoms with Gasteiger partial charge in [0, 0.05) is 36.2 Å². The Kier molecular flexibility index (Phi) is 3.37. The Morgan fingerprint density at radius 2 is 2.00 bits per heavy atom. The Hall–Kier alpha value is -2.36. The molecule has 1 atom stereocenters. The number of carbonyl (C=O) groups excluding carboxylic acids is 1. The van der Waals surface area contributed by atoms with E-state index in [4.69, 9.17) is 0 Å². The third-order valence-corrected chi connectivity index (χ3v) is 3.59. The van der Waals surface area contributed by atoms with E-state index in [2.05, 4.69) is 28.6 Å². The molecular weight excluding hydrogens is 250 g/mol. The summed E-state index contributed by atoms with van der Waals surface area (Å²) in [4.78, 5) is 15.4. The third kappa shape index (κ3) is 2.64.